The summed E-state index contributed by atoms with van der Waals surface area (Å²) in [6.45, 7) is 2.37. The maximum Gasteiger partial charge on any atom is 0.239 e. The van der Waals surface area contributed by atoms with Crippen LogP contribution >= 0.6 is 27.7 Å². The van der Waals surface area contributed by atoms with Gasteiger partial charge < -0.3 is 10.6 Å². The first-order valence-corrected chi connectivity index (χ1v) is 8.83. The van der Waals surface area contributed by atoms with Gasteiger partial charge in [0.15, 0.2) is 5.16 Å². The number of amides is 2. The van der Waals surface area contributed by atoms with Crippen molar-refractivity contribution < 1.29 is 9.59 Å². The van der Waals surface area contributed by atoms with Gasteiger partial charge in [-0.05, 0) is 31.2 Å². The summed E-state index contributed by atoms with van der Waals surface area (Å²) in [5, 5.41) is 5.93. The third-order valence-corrected chi connectivity index (χ3v) is 4.36. The van der Waals surface area contributed by atoms with Crippen LogP contribution in [0.15, 0.2) is 46.3 Å². The van der Waals surface area contributed by atoms with Gasteiger partial charge in [0.2, 0.25) is 11.8 Å². The average Bonchev–Trinajstić information content (AvgIpc) is 3.00. The van der Waals surface area contributed by atoms with Crippen molar-refractivity contribution in [3.8, 4) is 5.69 Å². The molecule has 8 heteroatoms. The Hall–Kier alpha value is -1.80. The van der Waals surface area contributed by atoms with Crippen LogP contribution < -0.4 is 10.6 Å². The molecule has 0 atom stereocenters. The van der Waals surface area contributed by atoms with Crippen LogP contribution in [0.1, 0.15) is 6.92 Å². The van der Waals surface area contributed by atoms with E-state index in [-0.39, 0.29) is 24.1 Å². The molecule has 0 aliphatic heterocycles. The van der Waals surface area contributed by atoms with E-state index in [1.165, 1.54) is 11.8 Å². The minimum Gasteiger partial charge on any atom is -0.355 e. The lowest BCUT2D eigenvalue weighted by Crippen LogP contribution is -2.37. The van der Waals surface area contributed by atoms with Crippen LogP contribution in [-0.2, 0) is 9.59 Å². The number of aromatic nitrogens is 2. The smallest absolute Gasteiger partial charge is 0.239 e. The first kappa shape index (κ1) is 17.6. The van der Waals surface area contributed by atoms with Gasteiger partial charge in [-0.2, -0.15) is 0 Å². The molecule has 0 aliphatic rings. The van der Waals surface area contributed by atoms with E-state index in [1.807, 2.05) is 42.0 Å². The number of halogens is 1. The zero-order chi connectivity index (χ0) is 16.7. The molecule has 2 rings (SSSR count). The fourth-order valence-electron chi connectivity index (χ4n) is 1.81. The van der Waals surface area contributed by atoms with Gasteiger partial charge in [0.1, 0.15) is 0 Å². The zero-order valence-corrected chi connectivity index (χ0v) is 15.0. The van der Waals surface area contributed by atoms with E-state index in [1.54, 1.807) is 6.20 Å². The normalized spacial score (nSPS) is 10.3. The summed E-state index contributed by atoms with van der Waals surface area (Å²) in [5.41, 5.74) is 0.968. The largest absolute Gasteiger partial charge is 0.355 e. The van der Waals surface area contributed by atoms with Crippen molar-refractivity contribution in [2.75, 3.05) is 18.8 Å². The van der Waals surface area contributed by atoms with E-state index in [4.69, 9.17) is 0 Å². The summed E-state index contributed by atoms with van der Waals surface area (Å²) in [5.74, 6) is -0.193. The Labute approximate surface area is 147 Å². The van der Waals surface area contributed by atoms with Gasteiger partial charge in [-0.3, -0.25) is 14.2 Å². The third-order valence-electron chi connectivity index (χ3n) is 2.86. The highest BCUT2D eigenvalue weighted by atomic mass is 79.9. The lowest BCUT2D eigenvalue weighted by atomic mass is 10.3. The van der Waals surface area contributed by atoms with E-state index < -0.39 is 0 Å². The zero-order valence-electron chi connectivity index (χ0n) is 12.6. The monoisotopic (exact) mass is 396 g/mol. The van der Waals surface area contributed by atoms with Crippen molar-refractivity contribution in [3.05, 3.63) is 41.1 Å². The maximum absolute atomic E-state index is 11.8. The van der Waals surface area contributed by atoms with Gasteiger partial charge in [0.05, 0.1) is 12.3 Å². The fraction of sp³-hybridized carbons (Fsp3) is 0.267. The highest BCUT2D eigenvalue weighted by Gasteiger charge is 2.10. The van der Waals surface area contributed by atoms with E-state index >= 15 is 0 Å². The number of nitrogens with zero attached hydrogens (tertiary/aromatic N) is 2. The Morgan fingerprint density at radius 3 is 2.65 bits per heavy atom. The topological polar surface area (TPSA) is 76.0 Å². The number of imidazole rings is 1. The molecular formula is C15H17BrN4O2S. The molecule has 1 aromatic carbocycles. The predicted octanol–water partition coefficient (Wildman–Crippen LogP) is 1.98. The van der Waals surface area contributed by atoms with Crippen LogP contribution in [0.2, 0.25) is 0 Å². The minimum absolute atomic E-state index is 0.00557. The van der Waals surface area contributed by atoms with Crippen LogP contribution in [0.25, 0.3) is 5.69 Å². The maximum atomic E-state index is 11.8. The van der Waals surface area contributed by atoms with Crippen molar-refractivity contribution in [1.82, 2.24) is 20.2 Å². The summed E-state index contributed by atoms with van der Waals surface area (Å²) < 4.78 is 2.91. The van der Waals surface area contributed by atoms with E-state index in [0.717, 1.165) is 15.3 Å². The fourth-order valence-corrected chi connectivity index (χ4v) is 2.88. The number of carbonyl (C=O) groups excluding carboxylic acids is 2. The van der Waals surface area contributed by atoms with Gasteiger partial charge in [-0.15, -0.1) is 0 Å². The molecule has 2 aromatic rings. The number of nitrogens with one attached hydrogen (secondary N) is 2. The second kappa shape index (κ2) is 8.73. The SMILES string of the molecule is CCNC(=O)CNC(=O)CSc1nccn1-c1ccc(Br)cc1. The summed E-state index contributed by atoms with van der Waals surface area (Å²) in [6, 6.07) is 7.82. The van der Waals surface area contributed by atoms with Gasteiger partial charge in [-0.1, -0.05) is 27.7 Å². The first-order valence-electron chi connectivity index (χ1n) is 7.05. The molecule has 1 heterocycles. The Balaban J connectivity index is 1.89. The highest BCUT2D eigenvalue weighted by Crippen LogP contribution is 2.21. The van der Waals surface area contributed by atoms with Gasteiger partial charge in [0.25, 0.3) is 0 Å². The number of thioether (sulfide) groups is 1. The van der Waals surface area contributed by atoms with E-state index in [9.17, 15) is 9.59 Å². The van der Waals surface area contributed by atoms with E-state index in [0.29, 0.717) is 6.54 Å². The first-order chi connectivity index (χ1) is 11.1. The van der Waals surface area contributed by atoms with Crippen molar-refractivity contribution in [2.24, 2.45) is 0 Å². The Morgan fingerprint density at radius 1 is 1.22 bits per heavy atom. The number of rotatable bonds is 7. The molecule has 0 aliphatic carbocycles. The summed E-state index contributed by atoms with van der Waals surface area (Å²) in [7, 11) is 0. The number of hydrogen-bond donors (Lipinski definition) is 2. The highest BCUT2D eigenvalue weighted by molar-refractivity contribution is 9.10. The quantitative estimate of drug-likeness (QED) is 0.701. The van der Waals surface area contributed by atoms with Crippen LogP contribution in [0.4, 0.5) is 0 Å². The molecule has 0 saturated heterocycles. The number of likely N-dealkylation sites (N-methyl/N-ethyl adjacent to an activating group) is 1. The number of hydrogen-bond acceptors (Lipinski definition) is 4. The van der Waals surface area contributed by atoms with Gasteiger partial charge in [-0.25, -0.2) is 4.98 Å². The third kappa shape index (κ3) is 5.40. The van der Waals surface area contributed by atoms with Crippen molar-refractivity contribution in [3.63, 3.8) is 0 Å². The minimum atomic E-state index is -0.202. The van der Waals surface area contributed by atoms with Gasteiger partial charge in [0, 0.05) is 29.1 Å². The molecule has 0 radical (unpaired) electrons. The van der Waals surface area contributed by atoms with Crippen LogP contribution in [0.5, 0.6) is 0 Å². The Morgan fingerprint density at radius 2 is 1.96 bits per heavy atom. The van der Waals surface area contributed by atoms with Crippen LogP contribution in [-0.4, -0.2) is 40.2 Å². The number of benzene rings is 1. The molecule has 0 saturated carbocycles. The predicted molar refractivity (Wildman–Crippen MR) is 93.7 cm³/mol. The molecule has 122 valence electrons. The second-order valence-electron chi connectivity index (χ2n) is 4.58. The van der Waals surface area contributed by atoms with Crippen molar-refractivity contribution in [2.45, 2.75) is 12.1 Å². The molecule has 0 fully saturated rings. The Kier molecular flexibility index (Phi) is 6.66. The standard InChI is InChI=1S/C15H17BrN4O2S/c1-2-17-13(21)9-19-14(22)10-23-15-18-7-8-20(15)12-5-3-11(16)4-6-12/h3-8H,2,9-10H2,1H3,(H,17,21)(H,19,22). The summed E-state index contributed by atoms with van der Waals surface area (Å²) in [4.78, 5) is 27.3. The lowest BCUT2D eigenvalue weighted by molar-refractivity contribution is -0.124. The molecule has 23 heavy (non-hydrogen) atoms. The Bertz CT molecular complexity index is 672. The summed E-state index contributed by atoms with van der Waals surface area (Å²) >= 11 is 4.72. The van der Waals surface area contributed by atoms with E-state index in [2.05, 4.69) is 31.5 Å². The second-order valence-corrected chi connectivity index (χ2v) is 6.43. The van der Waals surface area contributed by atoms with Crippen LogP contribution in [0.3, 0.4) is 0 Å². The molecule has 0 bridgehead atoms. The molecule has 2 N–H and O–H groups in total. The van der Waals surface area contributed by atoms with Crippen LogP contribution in [0, 0.1) is 0 Å². The molecule has 0 spiro atoms. The molecule has 6 nitrogen and oxygen atoms in total. The number of carbonyl (C=O) groups is 2. The molecule has 2 amide bonds. The average molecular weight is 397 g/mol. The lowest BCUT2D eigenvalue weighted by Gasteiger charge is -2.08. The van der Waals surface area contributed by atoms with Crippen molar-refractivity contribution >= 4 is 39.5 Å². The molecule has 1 aromatic heterocycles. The molecular weight excluding hydrogens is 380 g/mol. The summed E-state index contributed by atoms with van der Waals surface area (Å²) in [6.07, 6.45) is 3.54. The molecule has 0 unspecified atom stereocenters. The van der Waals surface area contributed by atoms with Gasteiger partial charge >= 0.3 is 0 Å². The van der Waals surface area contributed by atoms with Crippen molar-refractivity contribution in [1.29, 1.82) is 0 Å².